The van der Waals surface area contributed by atoms with Crippen LogP contribution in [0, 0.1) is 0 Å². The number of fused-ring (bicyclic) bond motifs is 1. The number of aromatic nitrogens is 2. The number of nitrogens with zero attached hydrogens (tertiary/aromatic N) is 2. The van der Waals surface area contributed by atoms with Crippen molar-refractivity contribution >= 4 is 23.0 Å². The molecule has 1 aromatic carbocycles. The fourth-order valence-corrected chi connectivity index (χ4v) is 3.86. The van der Waals surface area contributed by atoms with E-state index in [1.807, 2.05) is 31.2 Å². The van der Waals surface area contributed by atoms with Crippen LogP contribution in [0.2, 0.25) is 0 Å². The second kappa shape index (κ2) is 7.46. The molecule has 0 saturated heterocycles. The zero-order valence-electron chi connectivity index (χ0n) is 15.9. The first kappa shape index (κ1) is 18.2. The first-order chi connectivity index (χ1) is 13.5. The van der Waals surface area contributed by atoms with Gasteiger partial charge in [0.05, 0.1) is 5.69 Å². The van der Waals surface area contributed by atoms with Crippen molar-refractivity contribution in [3.63, 3.8) is 0 Å². The molecule has 2 N–H and O–H groups in total. The van der Waals surface area contributed by atoms with Crippen LogP contribution in [0.15, 0.2) is 50.5 Å². The number of aromatic hydroxyl groups is 1. The molecule has 144 valence electrons. The van der Waals surface area contributed by atoms with E-state index in [0.717, 1.165) is 41.8 Å². The van der Waals surface area contributed by atoms with E-state index < -0.39 is 11.2 Å². The molecule has 0 amide bonds. The standard InChI is InChI=1S/C22H23N3O3/c1-14-17(16-9-5-6-10-19(16)23-14)13-18-20(26)24-22(28)25(21(18)27)12-11-15-7-3-2-4-8-15/h5-7,9-10,13,27H,2-4,8,11-12H2,1H3,(H,24,26,28)/b17-13+. The van der Waals surface area contributed by atoms with E-state index >= 15 is 0 Å². The predicted molar refractivity (Wildman–Crippen MR) is 111 cm³/mol. The highest BCUT2D eigenvalue weighted by Gasteiger charge is 2.20. The summed E-state index contributed by atoms with van der Waals surface area (Å²) in [5, 5.41) is 10.7. The molecule has 1 aliphatic carbocycles. The Balaban J connectivity index is 1.72. The molecule has 2 aromatic rings. The summed E-state index contributed by atoms with van der Waals surface area (Å²) < 4.78 is 1.25. The summed E-state index contributed by atoms with van der Waals surface area (Å²) in [6.07, 6.45) is 8.99. The van der Waals surface area contributed by atoms with Crippen LogP contribution in [-0.4, -0.2) is 20.4 Å². The summed E-state index contributed by atoms with van der Waals surface area (Å²) in [6, 6.07) is 7.65. The second-order valence-corrected chi connectivity index (χ2v) is 7.28. The van der Waals surface area contributed by atoms with Gasteiger partial charge in [0.1, 0.15) is 5.56 Å². The van der Waals surface area contributed by atoms with Crippen molar-refractivity contribution in [3.8, 4) is 5.88 Å². The number of allylic oxidation sites excluding steroid dienone is 3. The molecule has 28 heavy (non-hydrogen) atoms. The number of hydrogen-bond donors (Lipinski definition) is 2. The molecule has 6 heteroatoms. The first-order valence-electron chi connectivity index (χ1n) is 9.65. The Morgan fingerprint density at radius 1 is 1.25 bits per heavy atom. The molecule has 0 radical (unpaired) electrons. The summed E-state index contributed by atoms with van der Waals surface area (Å²) in [5.41, 5.74) is 3.48. The number of aromatic amines is 1. The van der Waals surface area contributed by atoms with Gasteiger partial charge in [-0.15, -0.1) is 0 Å². The van der Waals surface area contributed by atoms with Gasteiger partial charge < -0.3 is 5.11 Å². The molecule has 0 atom stereocenters. The SMILES string of the molecule is CC1=Nc2ccccc2/C1=C/c1c(O)n(CCC2=CCCCC2)c(=O)[nH]c1=O. The van der Waals surface area contributed by atoms with Gasteiger partial charge in [-0.2, -0.15) is 0 Å². The van der Waals surface area contributed by atoms with Crippen LogP contribution in [0.4, 0.5) is 5.69 Å². The average molecular weight is 377 g/mol. The van der Waals surface area contributed by atoms with Crippen molar-refractivity contribution in [1.29, 1.82) is 0 Å². The van der Waals surface area contributed by atoms with Crippen molar-refractivity contribution < 1.29 is 5.11 Å². The molecule has 2 aliphatic rings. The Kier molecular flexibility index (Phi) is 4.86. The molecule has 1 aromatic heterocycles. The molecule has 0 fully saturated rings. The van der Waals surface area contributed by atoms with Crippen molar-refractivity contribution in [2.24, 2.45) is 4.99 Å². The van der Waals surface area contributed by atoms with E-state index in [4.69, 9.17) is 0 Å². The minimum atomic E-state index is -0.597. The summed E-state index contributed by atoms with van der Waals surface area (Å²) in [5.74, 6) is -0.296. The molecule has 1 aliphatic heterocycles. The first-order valence-corrected chi connectivity index (χ1v) is 9.65. The van der Waals surface area contributed by atoms with Crippen molar-refractivity contribution in [2.45, 2.75) is 45.6 Å². The number of benzene rings is 1. The Hall–Kier alpha value is -3.15. The summed E-state index contributed by atoms with van der Waals surface area (Å²) in [4.78, 5) is 31.5. The highest BCUT2D eigenvalue weighted by molar-refractivity contribution is 6.31. The zero-order valence-corrected chi connectivity index (χ0v) is 15.9. The number of para-hydroxylation sites is 1. The third-order valence-corrected chi connectivity index (χ3v) is 5.41. The van der Waals surface area contributed by atoms with Crippen LogP contribution >= 0.6 is 0 Å². The van der Waals surface area contributed by atoms with Gasteiger partial charge in [-0.1, -0.05) is 29.8 Å². The Bertz CT molecular complexity index is 1130. The van der Waals surface area contributed by atoms with Crippen LogP contribution in [0.1, 0.15) is 50.2 Å². The third kappa shape index (κ3) is 3.38. The van der Waals surface area contributed by atoms with E-state index in [1.165, 1.54) is 16.6 Å². The minimum absolute atomic E-state index is 0.0819. The lowest BCUT2D eigenvalue weighted by atomic mass is 9.97. The quantitative estimate of drug-likeness (QED) is 0.795. The van der Waals surface area contributed by atoms with Crippen LogP contribution in [0.25, 0.3) is 11.6 Å². The number of rotatable bonds is 4. The summed E-state index contributed by atoms with van der Waals surface area (Å²) in [6.45, 7) is 2.20. The van der Waals surface area contributed by atoms with E-state index in [1.54, 1.807) is 6.08 Å². The van der Waals surface area contributed by atoms with Gasteiger partial charge in [0, 0.05) is 23.4 Å². The summed E-state index contributed by atoms with van der Waals surface area (Å²) >= 11 is 0. The maximum Gasteiger partial charge on any atom is 0.331 e. The highest BCUT2D eigenvalue weighted by atomic mass is 16.3. The van der Waals surface area contributed by atoms with E-state index in [0.29, 0.717) is 13.0 Å². The summed E-state index contributed by atoms with van der Waals surface area (Å²) in [7, 11) is 0. The lowest BCUT2D eigenvalue weighted by Gasteiger charge is -2.14. The molecule has 6 nitrogen and oxygen atoms in total. The fraction of sp³-hybridized carbons (Fsp3) is 0.318. The van der Waals surface area contributed by atoms with Crippen molar-refractivity contribution in [3.05, 3.63) is 67.9 Å². The van der Waals surface area contributed by atoms with Crippen LogP contribution < -0.4 is 11.2 Å². The van der Waals surface area contributed by atoms with Crippen molar-refractivity contribution in [2.75, 3.05) is 0 Å². The monoisotopic (exact) mass is 377 g/mol. The molecular formula is C22H23N3O3. The largest absolute Gasteiger partial charge is 0.494 e. The van der Waals surface area contributed by atoms with Crippen LogP contribution in [0.3, 0.4) is 0 Å². The van der Waals surface area contributed by atoms with Gasteiger partial charge in [0.2, 0.25) is 5.88 Å². The number of H-pyrrole nitrogens is 1. The second-order valence-electron chi connectivity index (χ2n) is 7.28. The smallest absolute Gasteiger partial charge is 0.331 e. The normalized spacial score (nSPS) is 17.4. The number of aliphatic imine (C=N–C) groups is 1. The molecule has 0 spiro atoms. The average Bonchev–Trinajstić information content (AvgIpc) is 3.00. The Morgan fingerprint density at radius 3 is 2.86 bits per heavy atom. The van der Waals surface area contributed by atoms with Gasteiger partial charge in [-0.25, -0.2) is 4.79 Å². The van der Waals surface area contributed by atoms with Gasteiger partial charge in [0.25, 0.3) is 5.56 Å². The van der Waals surface area contributed by atoms with Crippen LogP contribution in [-0.2, 0) is 6.54 Å². The van der Waals surface area contributed by atoms with Gasteiger partial charge >= 0.3 is 5.69 Å². The topological polar surface area (TPSA) is 87.4 Å². The van der Waals surface area contributed by atoms with Gasteiger partial charge in [-0.3, -0.25) is 19.3 Å². The van der Waals surface area contributed by atoms with E-state index in [-0.39, 0.29) is 11.4 Å². The fourth-order valence-electron chi connectivity index (χ4n) is 3.86. The van der Waals surface area contributed by atoms with Crippen LogP contribution in [0.5, 0.6) is 5.88 Å². The van der Waals surface area contributed by atoms with E-state index in [2.05, 4.69) is 16.1 Å². The van der Waals surface area contributed by atoms with Gasteiger partial charge in [0.15, 0.2) is 0 Å². The number of nitrogens with one attached hydrogen (secondary N) is 1. The molecule has 0 saturated carbocycles. The van der Waals surface area contributed by atoms with Gasteiger partial charge in [-0.05, 0) is 51.2 Å². The third-order valence-electron chi connectivity index (χ3n) is 5.41. The Labute approximate surface area is 162 Å². The minimum Gasteiger partial charge on any atom is -0.494 e. The lowest BCUT2D eigenvalue weighted by Crippen LogP contribution is -2.31. The number of hydrogen-bond acceptors (Lipinski definition) is 4. The zero-order chi connectivity index (χ0) is 19.7. The molecule has 2 heterocycles. The molecule has 0 bridgehead atoms. The highest BCUT2D eigenvalue weighted by Crippen LogP contribution is 2.36. The Morgan fingerprint density at radius 2 is 2.07 bits per heavy atom. The maximum absolute atomic E-state index is 12.4. The van der Waals surface area contributed by atoms with Crippen molar-refractivity contribution in [1.82, 2.24) is 9.55 Å². The molecule has 0 unspecified atom stereocenters. The molecular weight excluding hydrogens is 354 g/mol. The lowest BCUT2D eigenvalue weighted by molar-refractivity contribution is 0.397. The molecule has 4 rings (SSSR count). The predicted octanol–water partition coefficient (Wildman–Crippen LogP) is 3.78. The maximum atomic E-state index is 12.4. The van der Waals surface area contributed by atoms with E-state index in [9.17, 15) is 14.7 Å².